The number of rotatable bonds is 7. The van der Waals surface area contributed by atoms with Gasteiger partial charge >= 0.3 is 0 Å². The summed E-state index contributed by atoms with van der Waals surface area (Å²) < 4.78 is 10.8. The number of aromatic hydroxyl groups is 1. The van der Waals surface area contributed by atoms with Crippen LogP contribution in [0.1, 0.15) is 21.5 Å². The zero-order valence-corrected chi connectivity index (χ0v) is 16.2. The van der Waals surface area contributed by atoms with Gasteiger partial charge in [0.1, 0.15) is 6.61 Å². The summed E-state index contributed by atoms with van der Waals surface area (Å²) in [5.41, 5.74) is 8.43. The van der Waals surface area contributed by atoms with E-state index in [1.54, 1.807) is 30.3 Å². The zero-order chi connectivity index (χ0) is 18.5. The van der Waals surface area contributed by atoms with E-state index >= 15 is 0 Å². The van der Waals surface area contributed by atoms with Crippen molar-refractivity contribution in [2.45, 2.75) is 6.42 Å². The second-order valence-electron chi connectivity index (χ2n) is 5.95. The molecule has 0 spiro atoms. The molecule has 0 amide bonds. The lowest BCUT2D eigenvalue weighted by Gasteiger charge is -2.09. The minimum absolute atomic E-state index is 0. The lowest BCUT2D eigenvalue weighted by atomic mass is 10.1. The largest absolute Gasteiger partial charge is 0.504 e. The van der Waals surface area contributed by atoms with Gasteiger partial charge in [0.25, 0.3) is 0 Å². The van der Waals surface area contributed by atoms with Crippen LogP contribution in [-0.2, 0) is 11.2 Å². The fourth-order valence-electron chi connectivity index (χ4n) is 2.84. The molecule has 0 saturated carbocycles. The fourth-order valence-corrected chi connectivity index (χ4v) is 3.03. The zero-order valence-electron chi connectivity index (χ0n) is 14.6. The van der Waals surface area contributed by atoms with Gasteiger partial charge in [-0.3, -0.25) is 4.79 Å². The Labute approximate surface area is 169 Å². The Balaban J connectivity index is 0.00000261. The monoisotopic (exact) mass is 409 g/mol. The molecule has 0 radical (unpaired) electrons. The number of carbonyl (C=O) groups is 1. The summed E-state index contributed by atoms with van der Waals surface area (Å²) in [4.78, 5) is 12.5. The Morgan fingerprint density at radius 2 is 1.96 bits per heavy atom. The van der Waals surface area contributed by atoms with E-state index in [0.29, 0.717) is 54.7 Å². The molecular formula is C20H21Cl2NO4. The quantitative estimate of drug-likeness (QED) is 0.538. The second kappa shape index (κ2) is 9.76. The first-order valence-corrected chi connectivity index (χ1v) is 8.73. The van der Waals surface area contributed by atoms with E-state index in [2.05, 4.69) is 0 Å². The summed E-state index contributed by atoms with van der Waals surface area (Å²) >= 11 is 6.01. The minimum atomic E-state index is 0. The molecular weight excluding hydrogens is 389 g/mol. The van der Waals surface area contributed by atoms with Crippen LogP contribution >= 0.6 is 24.0 Å². The first-order chi connectivity index (χ1) is 12.6. The van der Waals surface area contributed by atoms with E-state index in [-0.39, 0.29) is 23.9 Å². The van der Waals surface area contributed by atoms with Crippen LogP contribution in [0.4, 0.5) is 0 Å². The van der Waals surface area contributed by atoms with Crippen LogP contribution in [0.5, 0.6) is 11.5 Å². The number of benzene rings is 2. The third-order valence-corrected chi connectivity index (χ3v) is 4.29. The number of phenols is 1. The first-order valence-electron chi connectivity index (χ1n) is 8.36. The van der Waals surface area contributed by atoms with Crippen LogP contribution in [0.3, 0.4) is 0 Å². The molecule has 0 saturated heterocycles. The number of hydrogen-bond acceptors (Lipinski definition) is 5. The van der Waals surface area contributed by atoms with Crippen molar-refractivity contribution < 1.29 is 19.4 Å². The molecule has 27 heavy (non-hydrogen) atoms. The van der Waals surface area contributed by atoms with Crippen LogP contribution in [0.2, 0.25) is 5.02 Å². The van der Waals surface area contributed by atoms with E-state index < -0.39 is 0 Å². The first kappa shape index (κ1) is 21.3. The van der Waals surface area contributed by atoms with Crippen molar-refractivity contribution in [3.05, 3.63) is 63.7 Å². The van der Waals surface area contributed by atoms with E-state index in [0.717, 1.165) is 11.1 Å². The molecule has 0 aliphatic heterocycles. The van der Waals surface area contributed by atoms with Gasteiger partial charge < -0.3 is 20.3 Å². The highest BCUT2D eigenvalue weighted by atomic mass is 35.5. The third-order valence-electron chi connectivity index (χ3n) is 4.06. The van der Waals surface area contributed by atoms with Gasteiger partial charge in [0.15, 0.2) is 17.3 Å². The van der Waals surface area contributed by atoms with E-state index in [4.69, 9.17) is 26.8 Å². The Morgan fingerprint density at radius 3 is 2.74 bits per heavy atom. The maximum atomic E-state index is 12.5. The SMILES string of the molecule is Cl.NCCOCCOc1cc(/C=C2\Cc3cc(Cl)ccc3C2=O)ccc1O. The Hall–Kier alpha value is -2.05. The lowest BCUT2D eigenvalue weighted by Crippen LogP contribution is -2.13. The Bertz CT molecular complexity index is 852. The van der Waals surface area contributed by atoms with Gasteiger partial charge in [-0.1, -0.05) is 17.7 Å². The van der Waals surface area contributed by atoms with Crippen LogP contribution in [-0.4, -0.2) is 37.3 Å². The van der Waals surface area contributed by atoms with Crippen molar-refractivity contribution in [2.75, 3.05) is 26.4 Å². The van der Waals surface area contributed by atoms with Gasteiger partial charge in [0.05, 0.1) is 13.2 Å². The summed E-state index contributed by atoms with van der Waals surface area (Å²) in [6.45, 7) is 1.61. The summed E-state index contributed by atoms with van der Waals surface area (Å²) in [5.74, 6) is 0.392. The van der Waals surface area contributed by atoms with Gasteiger partial charge in [-0.15, -0.1) is 12.4 Å². The van der Waals surface area contributed by atoms with Crippen LogP contribution < -0.4 is 10.5 Å². The average Bonchev–Trinajstić information content (AvgIpc) is 2.92. The molecule has 0 aromatic heterocycles. The van der Waals surface area contributed by atoms with Crippen molar-refractivity contribution in [1.29, 1.82) is 0 Å². The number of carbonyl (C=O) groups excluding carboxylic acids is 1. The van der Waals surface area contributed by atoms with Crippen molar-refractivity contribution in [3.63, 3.8) is 0 Å². The van der Waals surface area contributed by atoms with Gasteiger partial charge in [0.2, 0.25) is 0 Å². The molecule has 1 aliphatic carbocycles. The fraction of sp³-hybridized carbons (Fsp3) is 0.250. The number of fused-ring (bicyclic) bond motifs is 1. The van der Waals surface area contributed by atoms with Gasteiger partial charge in [-0.25, -0.2) is 0 Å². The highest BCUT2D eigenvalue weighted by Crippen LogP contribution is 2.32. The number of phenolic OH excluding ortho intramolecular Hbond substituents is 1. The summed E-state index contributed by atoms with van der Waals surface area (Å²) in [6, 6.07) is 10.3. The molecule has 1 aliphatic rings. The maximum absolute atomic E-state index is 12.5. The van der Waals surface area contributed by atoms with Crippen molar-refractivity contribution >= 4 is 35.9 Å². The van der Waals surface area contributed by atoms with Gasteiger partial charge in [-0.05, 0) is 47.5 Å². The predicted octanol–water partition coefficient (Wildman–Crippen LogP) is 3.64. The van der Waals surface area contributed by atoms with Crippen molar-refractivity contribution in [2.24, 2.45) is 5.73 Å². The van der Waals surface area contributed by atoms with Gasteiger partial charge in [0, 0.05) is 29.1 Å². The minimum Gasteiger partial charge on any atom is -0.504 e. The molecule has 0 unspecified atom stereocenters. The van der Waals surface area contributed by atoms with Crippen molar-refractivity contribution in [3.8, 4) is 11.5 Å². The molecule has 0 heterocycles. The number of ether oxygens (including phenoxy) is 2. The van der Waals surface area contributed by atoms with Crippen LogP contribution in [0.15, 0.2) is 42.0 Å². The van der Waals surface area contributed by atoms with E-state index in [1.165, 1.54) is 0 Å². The number of nitrogens with two attached hydrogens (primary N) is 1. The molecule has 3 N–H and O–H groups in total. The van der Waals surface area contributed by atoms with Gasteiger partial charge in [-0.2, -0.15) is 0 Å². The molecule has 5 nitrogen and oxygen atoms in total. The standard InChI is InChI=1S/C20H20ClNO4.ClH/c21-16-2-3-17-14(12-16)11-15(20(17)24)9-13-1-4-18(23)19(10-13)26-8-7-25-6-5-22;/h1-4,9-10,12,23H,5-8,11,22H2;1H/b15-9+;. The summed E-state index contributed by atoms with van der Waals surface area (Å²) in [6.07, 6.45) is 2.35. The topological polar surface area (TPSA) is 81.8 Å². The molecule has 0 bridgehead atoms. The smallest absolute Gasteiger partial charge is 0.189 e. The molecule has 0 fully saturated rings. The van der Waals surface area contributed by atoms with Crippen molar-refractivity contribution in [1.82, 2.24) is 0 Å². The number of allylic oxidation sites excluding steroid dienone is 1. The third kappa shape index (κ3) is 5.23. The van der Waals surface area contributed by atoms with E-state index in [9.17, 15) is 9.90 Å². The molecule has 2 aromatic carbocycles. The average molecular weight is 410 g/mol. The number of hydrogen-bond donors (Lipinski definition) is 2. The van der Waals surface area contributed by atoms with Crippen LogP contribution in [0.25, 0.3) is 6.08 Å². The maximum Gasteiger partial charge on any atom is 0.189 e. The molecule has 144 valence electrons. The summed E-state index contributed by atoms with van der Waals surface area (Å²) in [7, 11) is 0. The highest BCUT2D eigenvalue weighted by Gasteiger charge is 2.24. The number of Topliss-reactive ketones (excluding diaryl/α,β-unsaturated/α-hetero) is 1. The number of halogens is 2. The highest BCUT2D eigenvalue weighted by molar-refractivity contribution is 6.31. The molecule has 2 aromatic rings. The lowest BCUT2D eigenvalue weighted by molar-refractivity contribution is 0.104. The Morgan fingerprint density at radius 1 is 1.15 bits per heavy atom. The number of ketones is 1. The molecule has 3 rings (SSSR count). The van der Waals surface area contributed by atoms with Crippen LogP contribution in [0, 0.1) is 0 Å². The predicted molar refractivity (Wildman–Crippen MR) is 108 cm³/mol. The Kier molecular flexibility index (Phi) is 7.68. The summed E-state index contributed by atoms with van der Waals surface area (Å²) in [5, 5.41) is 10.6. The van der Waals surface area contributed by atoms with E-state index in [1.807, 2.05) is 12.1 Å². The molecule has 7 heteroatoms. The second-order valence-corrected chi connectivity index (χ2v) is 6.39. The molecule has 0 atom stereocenters. The normalized spacial score (nSPS) is 14.1.